The van der Waals surface area contributed by atoms with Gasteiger partial charge in [0.25, 0.3) is 5.91 Å². The number of nitrogens with one attached hydrogen (secondary N) is 1. The Kier molecular flexibility index (Phi) is 7.74. The minimum Gasteiger partial charge on any atom is -0.497 e. The molecule has 0 spiro atoms. The van der Waals surface area contributed by atoms with Crippen molar-refractivity contribution in [2.24, 2.45) is 0 Å². The SMILES string of the molecule is CCc1cccc(C)c1-n1c(CNC(=O)c2ccc(OC)cc2)nnc1S[C@H](C)CC. The lowest BCUT2D eigenvalue weighted by Crippen LogP contribution is -2.25. The summed E-state index contributed by atoms with van der Waals surface area (Å²) in [7, 11) is 1.60. The summed E-state index contributed by atoms with van der Waals surface area (Å²) in [4.78, 5) is 12.7. The van der Waals surface area contributed by atoms with Gasteiger partial charge in [0, 0.05) is 10.8 Å². The molecule has 31 heavy (non-hydrogen) atoms. The van der Waals surface area contributed by atoms with E-state index in [0.717, 1.165) is 40.8 Å². The highest BCUT2D eigenvalue weighted by molar-refractivity contribution is 7.99. The zero-order valence-electron chi connectivity index (χ0n) is 18.8. The van der Waals surface area contributed by atoms with Crippen molar-refractivity contribution in [1.82, 2.24) is 20.1 Å². The first-order valence-electron chi connectivity index (χ1n) is 10.6. The van der Waals surface area contributed by atoms with Crippen LogP contribution in [-0.2, 0) is 13.0 Å². The topological polar surface area (TPSA) is 69.0 Å². The molecule has 0 aliphatic rings. The number of amides is 1. The molecular formula is C24H30N4O2S. The second-order valence-corrected chi connectivity index (χ2v) is 8.82. The average Bonchev–Trinajstić information content (AvgIpc) is 3.18. The van der Waals surface area contributed by atoms with Crippen LogP contribution in [0.3, 0.4) is 0 Å². The molecular weight excluding hydrogens is 408 g/mol. The van der Waals surface area contributed by atoms with Crippen LogP contribution in [0, 0.1) is 6.92 Å². The minimum atomic E-state index is -0.158. The van der Waals surface area contributed by atoms with Gasteiger partial charge in [0.2, 0.25) is 0 Å². The van der Waals surface area contributed by atoms with Gasteiger partial charge in [-0.1, -0.05) is 50.7 Å². The average molecular weight is 439 g/mol. The molecule has 1 amide bonds. The largest absolute Gasteiger partial charge is 0.497 e. The van der Waals surface area contributed by atoms with E-state index in [2.05, 4.69) is 66.0 Å². The molecule has 7 heteroatoms. The maximum absolute atomic E-state index is 12.7. The van der Waals surface area contributed by atoms with Gasteiger partial charge in [-0.05, 0) is 55.2 Å². The number of para-hydroxylation sites is 1. The monoisotopic (exact) mass is 438 g/mol. The van der Waals surface area contributed by atoms with Gasteiger partial charge in [0.15, 0.2) is 11.0 Å². The summed E-state index contributed by atoms with van der Waals surface area (Å²) >= 11 is 1.71. The van der Waals surface area contributed by atoms with E-state index in [1.807, 2.05) is 0 Å². The van der Waals surface area contributed by atoms with Crippen molar-refractivity contribution >= 4 is 17.7 Å². The zero-order valence-corrected chi connectivity index (χ0v) is 19.6. The maximum atomic E-state index is 12.7. The Labute approximate surface area is 188 Å². The highest BCUT2D eigenvalue weighted by Gasteiger charge is 2.20. The molecule has 164 valence electrons. The number of carbonyl (C=O) groups is 1. The Morgan fingerprint density at radius 1 is 1.16 bits per heavy atom. The van der Waals surface area contributed by atoms with Crippen LogP contribution < -0.4 is 10.1 Å². The summed E-state index contributed by atoms with van der Waals surface area (Å²) in [5.41, 5.74) is 4.07. The van der Waals surface area contributed by atoms with E-state index in [0.29, 0.717) is 10.8 Å². The third-order valence-electron chi connectivity index (χ3n) is 5.27. The summed E-state index contributed by atoms with van der Waals surface area (Å²) in [5, 5.41) is 13.2. The maximum Gasteiger partial charge on any atom is 0.251 e. The van der Waals surface area contributed by atoms with Gasteiger partial charge in [0.05, 0.1) is 19.3 Å². The third kappa shape index (κ3) is 5.28. The van der Waals surface area contributed by atoms with Crippen LogP contribution in [0.2, 0.25) is 0 Å². The number of nitrogens with zero attached hydrogens (tertiary/aromatic N) is 3. The van der Waals surface area contributed by atoms with Crippen LogP contribution in [0.15, 0.2) is 47.6 Å². The minimum absolute atomic E-state index is 0.158. The van der Waals surface area contributed by atoms with Gasteiger partial charge in [-0.2, -0.15) is 0 Å². The normalized spacial score (nSPS) is 11.9. The molecule has 0 unspecified atom stereocenters. The van der Waals surface area contributed by atoms with Gasteiger partial charge in [0.1, 0.15) is 5.75 Å². The van der Waals surface area contributed by atoms with Gasteiger partial charge >= 0.3 is 0 Å². The quantitative estimate of drug-likeness (QED) is 0.478. The molecule has 1 heterocycles. The smallest absolute Gasteiger partial charge is 0.251 e. The van der Waals surface area contributed by atoms with Crippen molar-refractivity contribution in [3.8, 4) is 11.4 Å². The summed E-state index contributed by atoms with van der Waals surface area (Å²) in [6.45, 7) is 8.89. The number of rotatable bonds is 9. The lowest BCUT2D eigenvalue weighted by molar-refractivity contribution is 0.0949. The fourth-order valence-electron chi connectivity index (χ4n) is 3.31. The Hall–Kier alpha value is -2.80. The molecule has 3 rings (SSSR count). The van der Waals surface area contributed by atoms with Crippen molar-refractivity contribution in [1.29, 1.82) is 0 Å². The van der Waals surface area contributed by atoms with Gasteiger partial charge < -0.3 is 10.1 Å². The Morgan fingerprint density at radius 3 is 2.55 bits per heavy atom. The highest BCUT2D eigenvalue weighted by Crippen LogP contribution is 2.30. The van der Waals surface area contributed by atoms with Crippen molar-refractivity contribution in [2.45, 2.75) is 57.5 Å². The summed E-state index contributed by atoms with van der Waals surface area (Å²) in [5.74, 6) is 1.28. The first-order valence-corrected chi connectivity index (χ1v) is 11.5. The van der Waals surface area contributed by atoms with Crippen molar-refractivity contribution in [3.63, 3.8) is 0 Å². The fraction of sp³-hybridized carbons (Fsp3) is 0.375. The molecule has 3 aromatic rings. The standard InChI is InChI=1S/C24H30N4O2S/c1-6-17(4)31-24-27-26-21(28(24)22-16(3)9-8-10-18(22)7-2)15-25-23(29)19-11-13-20(30-5)14-12-19/h8-14,17H,6-7,15H2,1-5H3,(H,25,29)/t17-/m1/s1. The molecule has 1 N–H and O–H groups in total. The molecule has 0 fully saturated rings. The van der Waals surface area contributed by atoms with Crippen LogP contribution in [0.4, 0.5) is 0 Å². The summed E-state index contributed by atoms with van der Waals surface area (Å²) in [6.07, 6.45) is 1.94. The van der Waals surface area contributed by atoms with Crippen molar-refractivity contribution in [2.75, 3.05) is 7.11 Å². The van der Waals surface area contributed by atoms with Gasteiger partial charge in [-0.15, -0.1) is 10.2 Å². The number of ether oxygens (including phenoxy) is 1. The number of hydrogen-bond donors (Lipinski definition) is 1. The Bertz CT molecular complexity index is 1030. The predicted molar refractivity (Wildman–Crippen MR) is 125 cm³/mol. The van der Waals surface area contributed by atoms with Crippen LogP contribution >= 0.6 is 11.8 Å². The molecule has 6 nitrogen and oxygen atoms in total. The number of thioether (sulfide) groups is 1. The van der Waals surface area contributed by atoms with Gasteiger partial charge in [-0.3, -0.25) is 9.36 Å². The van der Waals surface area contributed by atoms with Crippen LogP contribution in [0.25, 0.3) is 5.69 Å². The van der Waals surface area contributed by atoms with E-state index >= 15 is 0 Å². The van der Waals surface area contributed by atoms with E-state index < -0.39 is 0 Å². The summed E-state index contributed by atoms with van der Waals surface area (Å²) in [6, 6.07) is 13.4. The number of carbonyl (C=O) groups excluding carboxylic acids is 1. The molecule has 0 aliphatic heterocycles. The van der Waals surface area contributed by atoms with E-state index in [9.17, 15) is 4.79 Å². The summed E-state index contributed by atoms with van der Waals surface area (Å²) < 4.78 is 7.27. The fourth-order valence-corrected chi connectivity index (χ4v) is 4.22. The van der Waals surface area contributed by atoms with Crippen LogP contribution in [0.1, 0.15) is 54.5 Å². The van der Waals surface area contributed by atoms with E-state index in [4.69, 9.17) is 4.74 Å². The molecule has 0 saturated carbocycles. The van der Waals surface area contributed by atoms with Gasteiger partial charge in [-0.25, -0.2) is 0 Å². The van der Waals surface area contributed by atoms with Crippen LogP contribution in [-0.4, -0.2) is 33.0 Å². The molecule has 0 saturated heterocycles. The second-order valence-electron chi connectivity index (χ2n) is 7.42. The number of methoxy groups -OCH3 is 1. The number of aromatic nitrogens is 3. The van der Waals surface area contributed by atoms with Crippen molar-refractivity contribution in [3.05, 3.63) is 65.0 Å². The molecule has 0 bridgehead atoms. The molecule has 2 aromatic carbocycles. The second kappa shape index (κ2) is 10.5. The first kappa shape index (κ1) is 22.9. The molecule has 0 radical (unpaired) electrons. The predicted octanol–water partition coefficient (Wildman–Crippen LogP) is 4.97. The third-order valence-corrected chi connectivity index (χ3v) is 6.48. The molecule has 1 atom stereocenters. The van der Waals surface area contributed by atoms with E-state index in [1.165, 1.54) is 5.56 Å². The van der Waals surface area contributed by atoms with E-state index in [-0.39, 0.29) is 12.5 Å². The van der Waals surface area contributed by atoms with E-state index in [1.54, 1.807) is 43.1 Å². The lowest BCUT2D eigenvalue weighted by atomic mass is 10.1. The number of benzene rings is 2. The highest BCUT2D eigenvalue weighted by atomic mass is 32.2. The Balaban J connectivity index is 1.92. The molecule has 1 aromatic heterocycles. The van der Waals surface area contributed by atoms with Crippen LogP contribution in [0.5, 0.6) is 5.75 Å². The zero-order chi connectivity index (χ0) is 22.4. The molecule has 0 aliphatic carbocycles. The number of aryl methyl sites for hydroxylation is 2. The lowest BCUT2D eigenvalue weighted by Gasteiger charge is -2.18. The Morgan fingerprint density at radius 2 is 1.90 bits per heavy atom. The first-order chi connectivity index (χ1) is 15.0. The number of hydrogen-bond acceptors (Lipinski definition) is 5. The van der Waals surface area contributed by atoms with Crippen molar-refractivity contribution < 1.29 is 9.53 Å².